The van der Waals surface area contributed by atoms with Crippen molar-refractivity contribution in [3.8, 4) is 6.07 Å². The number of benzene rings is 2. The summed E-state index contributed by atoms with van der Waals surface area (Å²) < 4.78 is 5.84. The summed E-state index contributed by atoms with van der Waals surface area (Å²) in [5.74, 6) is 0.374. The monoisotopic (exact) mass is 344 g/mol. The number of hydrogen-bond acceptors (Lipinski definition) is 3. The summed E-state index contributed by atoms with van der Waals surface area (Å²) in [6, 6.07) is 19.1. The average molecular weight is 344 g/mol. The van der Waals surface area contributed by atoms with Gasteiger partial charge in [-0.05, 0) is 24.6 Å². The highest BCUT2D eigenvalue weighted by Gasteiger charge is 2.17. The van der Waals surface area contributed by atoms with E-state index in [0.717, 1.165) is 27.9 Å². The van der Waals surface area contributed by atoms with E-state index in [1.165, 1.54) is 0 Å². The lowest BCUT2D eigenvalue weighted by atomic mass is 10.0. The number of hydrogen-bond donors (Lipinski definition) is 1. The van der Waals surface area contributed by atoms with E-state index in [-0.39, 0.29) is 11.6 Å². The van der Waals surface area contributed by atoms with Gasteiger partial charge in [-0.25, -0.2) is 0 Å². The molecular formula is C22H20N2O2. The van der Waals surface area contributed by atoms with Crippen LogP contribution in [0.15, 0.2) is 64.6 Å². The fourth-order valence-electron chi connectivity index (χ4n) is 2.93. The van der Waals surface area contributed by atoms with E-state index in [1.807, 2.05) is 74.5 Å². The molecule has 1 heterocycles. The Bertz CT molecular complexity index is 994. The maximum absolute atomic E-state index is 12.6. The third-order valence-corrected chi connectivity index (χ3v) is 4.33. The molecule has 0 spiro atoms. The summed E-state index contributed by atoms with van der Waals surface area (Å²) in [5, 5.41) is 13.3. The van der Waals surface area contributed by atoms with Gasteiger partial charge in [0.25, 0.3) is 5.91 Å². The number of carbonyl (C=O) groups is 1. The minimum Gasteiger partial charge on any atom is -0.460 e. The second-order valence-electron chi connectivity index (χ2n) is 6.06. The van der Waals surface area contributed by atoms with Gasteiger partial charge in [-0.15, -0.1) is 0 Å². The van der Waals surface area contributed by atoms with Gasteiger partial charge in [-0.2, -0.15) is 5.26 Å². The number of furan rings is 1. The van der Waals surface area contributed by atoms with Gasteiger partial charge in [0.1, 0.15) is 23.0 Å². The van der Waals surface area contributed by atoms with E-state index in [2.05, 4.69) is 5.32 Å². The predicted molar refractivity (Wildman–Crippen MR) is 102 cm³/mol. The van der Waals surface area contributed by atoms with Crippen molar-refractivity contribution >= 4 is 23.0 Å². The fourth-order valence-corrected chi connectivity index (χ4v) is 2.93. The summed E-state index contributed by atoms with van der Waals surface area (Å²) in [7, 11) is 0. The Hall–Kier alpha value is -3.32. The van der Waals surface area contributed by atoms with Crippen LogP contribution in [0.3, 0.4) is 0 Å². The number of aryl methyl sites for hydroxylation is 1. The molecule has 0 aliphatic heterocycles. The molecule has 0 bridgehead atoms. The van der Waals surface area contributed by atoms with Gasteiger partial charge < -0.3 is 9.73 Å². The number of amides is 1. The second-order valence-corrected chi connectivity index (χ2v) is 6.06. The highest BCUT2D eigenvalue weighted by molar-refractivity contribution is 6.04. The summed E-state index contributed by atoms with van der Waals surface area (Å²) in [5.41, 5.74) is 2.60. The molecule has 4 heteroatoms. The molecule has 0 saturated carbocycles. The lowest BCUT2D eigenvalue weighted by molar-refractivity contribution is -0.117. The van der Waals surface area contributed by atoms with Crippen molar-refractivity contribution in [2.75, 3.05) is 0 Å². The van der Waals surface area contributed by atoms with Crippen LogP contribution in [0.25, 0.3) is 17.0 Å². The van der Waals surface area contributed by atoms with Gasteiger partial charge in [-0.1, -0.05) is 55.5 Å². The molecule has 1 atom stereocenters. The largest absolute Gasteiger partial charge is 0.460 e. The van der Waals surface area contributed by atoms with Gasteiger partial charge in [0.2, 0.25) is 0 Å². The summed E-state index contributed by atoms with van der Waals surface area (Å²) >= 11 is 0. The van der Waals surface area contributed by atoms with Crippen LogP contribution in [-0.2, 0) is 11.2 Å². The maximum atomic E-state index is 12.6. The molecular weight excluding hydrogens is 324 g/mol. The third kappa shape index (κ3) is 3.52. The number of para-hydroxylation sites is 1. The van der Waals surface area contributed by atoms with Crippen molar-refractivity contribution in [1.29, 1.82) is 5.26 Å². The Balaban J connectivity index is 1.91. The van der Waals surface area contributed by atoms with Crippen molar-refractivity contribution in [1.82, 2.24) is 5.32 Å². The molecule has 26 heavy (non-hydrogen) atoms. The molecule has 0 aliphatic rings. The molecule has 3 rings (SSSR count). The van der Waals surface area contributed by atoms with E-state index >= 15 is 0 Å². The van der Waals surface area contributed by atoms with Gasteiger partial charge in [0, 0.05) is 17.4 Å². The van der Waals surface area contributed by atoms with E-state index in [4.69, 9.17) is 4.42 Å². The summed E-state index contributed by atoms with van der Waals surface area (Å²) in [6.45, 7) is 3.88. The Morgan fingerprint density at radius 3 is 2.58 bits per heavy atom. The van der Waals surface area contributed by atoms with Crippen LogP contribution in [0.4, 0.5) is 0 Å². The van der Waals surface area contributed by atoms with E-state index < -0.39 is 5.91 Å². The molecule has 0 aliphatic carbocycles. The normalized spacial score (nSPS) is 12.6. The van der Waals surface area contributed by atoms with Crippen molar-refractivity contribution in [3.05, 3.63) is 77.1 Å². The van der Waals surface area contributed by atoms with Crippen molar-refractivity contribution in [3.63, 3.8) is 0 Å². The van der Waals surface area contributed by atoms with Crippen LogP contribution >= 0.6 is 0 Å². The summed E-state index contributed by atoms with van der Waals surface area (Å²) in [4.78, 5) is 12.6. The number of rotatable bonds is 5. The third-order valence-electron chi connectivity index (χ3n) is 4.33. The SMILES string of the molecule is CCc1oc2ccccc2c1/C=C(\C#N)C(=O)N[C@@H](C)c1ccccc1. The van der Waals surface area contributed by atoms with Gasteiger partial charge in [0.05, 0.1) is 6.04 Å². The number of nitrogens with one attached hydrogen (secondary N) is 1. The second kappa shape index (κ2) is 7.71. The highest BCUT2D eigenvalue weighted by Crippen LogP contribution is 2.28. The molecule has 0 saturated heterocycles. The van der Waals surface area contributed by atoms with Gasteiger partial charge in [-0.3, -0.25) is 4.79 Å². The molecule has 4 nitrogen and oxygen atoms in total. The van der Waals surface area contributed by atoms with Crippen molar-refractivity contribution in [2.45, 2.75) is 26.3 Å². The molecule has 3 aromatic rings. The Kier molecular flexibility index (Phi) is 5.19. The van der Waals surface area contributed by atoms with Crippen LogP contribution in [-0.4, -0.2) is 5.91 Å². The molecule has 130 valence electrons. The van der Waals surface area contributed by atoms with Crippen LogP contribution < -0.4 is 5.32 Å². The molecule has 0 radical (unpaired) electrons. The van der Waals surface area contributed by atoms with Gasteiger partial charge >= 0.3 is 0 Å². The van der Waals surface area contributed by atoms with Crippen molar-refractivity contribution in [2.24, 2.45) is 0 Å². The first-order chi connectivity index (χ1) is 12.6. The zero-order valence-corrected chi connectivity index (χ0v) is 14.8. The van der Waals surface area contributed by atoms with E-state index in [0.29, 0.717) is 6.42 Å². The number of fused-ring (bicyclic) bond motifs is 1. The lowest BCUT2D eigenvalue weighted by Crippen LogP contribution is -2.27. The first kappa shape index (κ1) is 17.5. The number of carbonyl (C=O) groups excluding carboxylic acids is 1. The fraction of sp³-hybridized carbons (Fsp3) is 0.182. The Morgan fingerprint density at radius 2 is 1.88 bits per heavy atom. The lowest BCUT2D eigenvalue weighted by Gasteiger charge is -2.13. The minimum absolute atomic E-state index is 0.0639. The minimum atomic E-state index is -0.392. The quantitative estimate of drug-likeness (QED) is 0.535. The molecule has 1 aromatic heterocycles. The molecule has 1 N–H and O–H groups in total. The molecule has 0 unspecified atom stereocenters. The zero-order chi connectivity index (χ0) is 18.5. The molecule has 2 aromatic carbocycles. The smallest absolute Gasteiger partial charge is 0.262 e. The van der Waals surface area contributed by atoms with Crippen molar-refractivity contribution < 1.29 is 9.21 Å². The standard InChI is InChI=1S/C22H20N2O2/c1-3-20-19(18-11-7-8-12-21(18)26-20)13-17(14-23)22(25)24-15(2)16-9-5-4-6-10-16/h4-13,15H,3H2,1-2H3,(H,24,25)/b17-13+/t15-/m0/s1. The molecule has 1 amide bonds. The number of nitriles is 1. The summed E-state index contributed by atoms with van der Waals surface area (Å²) in [6.07, 6.45) is 2.30. The first-order valence-electron chi connectivity index (χ1n) is 8.62. The maximum Gasteiger partial charge on any atom is 0.262 e. The van der Waals surface area contributed by atoms with E-state index in [9.17, 15) is 10.1 Å². The Morgan fingerprint density at radius 1 is 1.19 bits per heavy atom. The number of nitrogens with zero attached hydrogens (tertiary/aromatic N) is 1. The van der Waals surface area contributed by atoms with Gasteiger partial charge in [0.15, 0.2) is 0 Å². The first-order valence-corrected chi connectivity index (χ1v) is 8.62. The average Bonchev–Trinajstić information content (AvgIpc) is 3.04. The topological polar surface area (TPSA) is 66.0 Å². The predicted octanol–water partition coefficient (Wildman–Crippen LogP) is 4.78. The van der Waals surface area contributed by atoms with Crippen LogP contribution in [0, 0.1) is 11.3 Å². The zero-order valence-electron chi connectivity index (χ0n) is 14.8. The van der Waals surface area contributed by atoms with E-state index in [1.54, 1.807) is 6.08 Å². The molecule has 0 fully saturated rings. The van der Waals surface area contributed by atoms with Crippen LogP contribution in [0.5, 0.6) is 0 Å². The highest BCUT2D eigenvalue weighted by atomic mass is 16.3. The Labute approximate surface area is 152 Å². The van der Waals surface area contributed by atoms with Crippen LogP contribution in [0.1, 0.15) is 36.8 Å². The van der Waals surface area contributed by atoms with Crippen LogP contribution in [0.2, 0.25) is 0 Å².